The molecule has 0 aromatic carbocycles. The largest absolute Gasteiger partial charge is 0.480 e. The molecule has 106 valence electrons. The highest BCUT2D eigenvalue weighted by Crippen LogP contribution is 2.05. The van der Waals surface area contributed by atoms with Gasteiger partial charge in [0, 0.05) is 12.7 Å². The average molecular weight is 278 g/mol. The van der Waals surface area contributed by atoms with E-state index >= 15 is 0 Å². The summed E-state index contributed by atoms with van der Waals surface area (Å²) in [5.41, 5.74) is 1.74. The predicted octanol–water partition coefficient (Wildman–Crippen LogP) is -0.665. The predicted molar refractivity (Wildman–Crippen MR) is 66.8 cm³/mol. The molecule has 1 amide bonds. The molecule has 0 aliphatic rings. The zero-order valence-corrected chi connectivity index (χ0v) is 11.1. The van der Waals surface area contributed by atoms with Crippen molar-refractivity contribution in [2.75, 3.05) is 0 Å². The van der Waals surface area contributed by atoms with Crippen molar-refractivity contribution in [3.8, 4) is 0 Å². The van der Waals surface area contributed by atoms with Crippen LogP contribution >= 0.6 is 0 Å². The molecule has 0 aliphatic carbocycles. The Kier molecular flexibility index (Phi) is 3.78. The standard InChI is InChI=1S/C11H14N6O3/c1-7-9(4-13-16(7)2)11(20)12-3-8-5-17(15-14-8)6-10(18)19/h4-5H,3,6H2,1-2H3,(H,12,20)(H,18,19). The van der Waals surface area contributed by atoms with E-state index in [1.54, 1.807) is 18.7 Å². The minimum atomic E-state index is -1.00. The number of carbonyl (C=O) groups excluding carboxylic acids is 1. The number of nitrogens with zero attached hydrogens (tertiary/aromatic N) is 5. The van der Waals surface area contributed by atoms with E-state index in [1.807, 2.05) is 0 Å². The second-order valence-electron chi connectivity index (χ2n) is 4.25. The Labute approximate surface area is 114 Å². The van der Waals surface area contributed by atoms with Crippen molar-refractivity contribution >= 4 is 11.9 Å². The van der Waals surface area contributed by atoms with Crippen LogP contribution in [0.25, 0.3) is 0 Å². The number of hydrogen-bond acceptors (Lipinski definition) is 5. The fraction of sp³-hybridized carbons (Fsp3) is 0.364. The Morgan fingerprint density at radius 3 is 2.80 bits per heavy atom. The Morgan fingerprint density at radius 2 is 2.20 bits per heavy atom. The summed E-state index contributed by atoms with van der Waals surface area (Å²) in [6, 6.07) is 0. The average Bonchev–Trinajstić information content (AvgIpc) is 2.95. The van der Waals surface area contributed by atoms with Crippen LogP contribution in [-0.4, -0.2) is 41.8 Å². The lowest BCUT2D eigenvalue weighted by Gasteiger charge is -2.02. The van der Waals surface area contributed by atoms with Crippen LogP contribution in [0, 0.1) is 6.92 Å². The third-order valence-electron chi connectivity index (χ3n) is 2.79. The van der Waals surface area contributed by atoms with Crippen LogP contribution in [0.3, 0.4) is 0 Å². The number of carbonyl (C=O) groups is 2. The first-order chi connectivity index (χ1) is 9.47. The summed E-state index contributed by atoms with van der Waals surface area (Å²) in [5, 5.41) is 22.7. The Morgan fingerprint density at radius 1 is 1.45 bits per heavy atom. The Balaban J connectivity index is 1.95. The molecule has 2 N–H and O–H groups in total. The fourth-order valence-electron chi connectivity index (χ4n) is 1.62. The molecule has 0 unspecified atom stereocenters. The summed E-state index contributed by atoms with van der Waals surface area (Å²) in [7, 11) is 1.75. The van der Waals surface area contributed by atoms with Crippen molar-refractivity contribution in [3.05, 3.63) is 29.3 Å². The molecule has 0 saturated heterocycles. The van der Waals surface area contributed by atoms with Crippen molar-refractivity contribution in [2.45, 2.75) is 20.0 Å². The number of carboxylic acids is 1. The van der Waals surface area contributed by atoms with Crippen molar-refractivity contribution in [1.29, 1.82) is 0 Å². The number of amides is 1. The highest BCUT2D eigenvalue weighted by atomic mass is 16.4. The van der Waals surface area contributed by atoms with Crippen molar-refractivity contribution < 1.29 is 14.7 Å². The van der Waals surface area contributed by atoms with Gasteiger partial charge in [-0.3, -0.25) is 14.3 Å². The molecule has 0 saturated carbocycles. The fourth-order valence-corrected chi connectivity index (χ4v) is 1.62. The monoisotopic (exact) mass is 278 g/mol. The second-order valence-corrected chi connectivity index (χ2v) is 4.25. The molecule has 0 atom stereocenters. The van der Waals surface area contributed by atoms with Gasteiger partial charge in [-0.2, -0.15) is 5.10 Å². The quantitative estimate of drug-likeness (QED) is 0.750. The van der Waals surface area contributed by atoms with E-state index in [9.17, 15) is 9.59 Å². The third kappa shape index (κ3) is 2.99. The van der Waals surface area contributed by atoms with E-state index in [4.69, 9.17) is 5.11 Å². The highest BCUT2D eigenvalue weighted by molar-refractivity contribution is 5.94. The van der Waals surface area contributed by atoms with Gasteiger partial charge in [0.1, 0.15) is 12.2 Å². The van der Waals surface area contributed by atoms with E-state index in [-0.39, 0.29) is 19.0 Å². The number of nitrogens with one attached hydrogen (secondary N) is 1. The number of aryl methyl sites for hydroxylation is 1. The maximum Gasteiger partial charge on any atom is 0.325 e. The van der Waals surface area contributed by atoms with Gasteiger partial charge in [-0.15, -0.1) is 5.10 Å². The molecule has 0 fully saturated rings. The van der Waals surface area contributed by atoms with Gasteiger partial charge in [0.25, 0.3) is 5.91 Å². The van der Waals surface area contributed by atoms with Crippen LogP contribution in [0.2, 0.25) is 0 Å². The first-order valence-electron chi connectivity index (χ1n) is 5.85. The minimum Gasteiger partial charge on any atom is -0.480 e. The summed E-state index contributed by atoms with van der Waals surface area (Å²) >= 11 is 0. The Bertz CT molecular complexity index is 644. The van der Waals surface area contributed by atoms with Crippen LogP contribution in [0.1, 0.15) is 21.7 Å². The topological polar surface area (TPSA) is 115 Å². The second kappa shape index (κ2) is 5.51. The first-order valence-corrected chi connectivity index (χ1v) is 5.85. The first kappa shape index (κ1) is 13.7. The lowest BCUT2D eigenvalue weighted by molar-refractivity contribution is -0.137. The molecule has 0 bridgehead atoms. The molecular weight excluding hydrogens is 264 g/mol. The number of rotatable bonds is 5. The molecule has 2 heterocycles. The zero-order valence-electron chi connectivity index (χ0n) is 11.1. The molecule has 0 radical (unpaired) electrons. The lowest BCUT2D eigenvalue weighted by Crippen LogP contribution is -2.23. The third-order valence-corrected chi connectivity index (χ3v) is 2.79. The van der Waals surface area contributed by atoms with Crippen LogP contribution in [0.4, 0.5) is 0 Å². The van der Waals surface area contributed by atoms with Gasteiger partial charge in [-0.05, 0) is 6.92 Å². The highest BCUT2D eigenvalue weighted by Gasteiger charge is 2.13. The number of aromatic nitrogens is 5. The number of hydrogen-bond donors (Lipinski definition) is 2. The number of carboxylic acid groups (broad SMARTS) is 1. The van der Waals surface area contributed by atoms with Crippen LogP contribution in [0.5, 0.6) is 0 Å². The smallest absolute Gasteiger partial charge is 0.325 e. The van der Waals surface area contributed by atoms with Gasteiger partial charge in [0.15, 0.2) is 0 Å². The Hall–Kier alpha value is -2.71. The van der Waals surface area contributed by atoms with Crippen molar-refractivity contribution in [3.63, 3.8) is 0 Å². The lowest BCUT2D eigenvalue weighted by atomic mass is 10.2. The van der Waals surface area contributed by atoms with Crippen LogP contribution in [0.15, 0.2) is 12.4 Å². The van der Waals surface area contributed by atoms with Gasteiger partial charge in [-0.25, -0.2) is 4.68 Å². The molecule has 9 nitrogen and oxygen atoms in total. The molecule has 9 heteroatoms. The van der Waals surface area contributed by atoms with Crippen molar-refractivity contribution in [2.24, 2.45) is 7.05 Å². The van der Waals surface area contributed by atoms with Crippen LogP contribution in [-0.2, 0) is 24.9 Å². The van der Waals surface area contributed by atoms with E-state index in [2.05, 4.69) is 20.7 Å². The maximum absolute atomic E-state index is 11.9. The summed E-state index contributed by atoms with van der Waals surface area (Å²) in [6.45, 7) is 1.71. The van der Waals surface area contributed by atoms with E-state index < -0.39 is 5.97 Å². The van der Waals surface area contributed by atoms with Gasteiger partial charge in [-0.1, -0.05) is 5.21 Å². The van der Waals surface area contributed by atoms with Gasteiger partial charge in [0.05, 0.1) is 24.5 Å². The molecule has 2 rings (SSSR count). The van der Waals surface area contributed by atoms with E-state index in [0.717, 1.165) is 5.69 Å². The molecular formula is C11H14N6O3. The summed E-state index contributed by atoms with van der Waals surface area (Å²) in [4.78, 5) is 22.4. The molecule has 0 spiro atoms. The maximum atomic E-state index is 11.9. The molecule has 0 aliphatic heterocycles. The molecule has 2 aromatic rings. The SMILES string of the molecule is Cc1c(C(=O)NCc2cn(CC(=O)O)nn2)cnn1C. The zero-order chi connectivity index (χ0) is 14.7. The van der Waals surface area contributed by atoms with Gasteiger partial charge >= 0.3 is 5.97 Å². The van der Waals surface area contributed by atoms with Crippen molar-refractivity contribution in [1.82, 2.24) is 30.1 Å². The minimum absolute atomic E-state index is 0.173. The normalized spacial score (nSPS) is 10.5. The van der Waals surface area contributed by atoms with E-state index in [1.165, 1.54) is 17.1 Å². The van der Waals surface area contributed by atoms with Gasteiger partial charge < -0.3 is 10.4 Å². The van der Waals surface area contributed by atoms with Crippen LogP contribution < -0.4 is 5.32 Å². The summed E-state index contributed by atoms with van der Waals surface area (Å²) in [6.07, 6.45) is 2.97. The summed E-state index contributed by atoms with van der Waals surface area (Å²) < 4.78 is 2.80. The van der Waals surface area contributed by atoms with E-state index in [0.29, 0.717) is 11.3 Å². The summed E-state index contributed by atoms with van der Waals surface area (Å²) in [5.74, 6) is -1.26. The molecule has 2 aromatic heterocycles. The molecule has 20 heavy (non-hydrogen) atoms. The van der Waals surface area contributed by atoms with Gasteiger partial charge in [0.2, 0.25) is 0 Å². The number of aliphatic carboxylic acids is 1.